The second-order valence-corrected chi connectivity index (χ2v) is 5.40. The lowest BCUT2D eigenvalue weighted by Gasteiger charge is -2.11. The molecule has 100 valence electrons. The molecule has 2 rings (SSSR count). The minimum absolute atomic E-state index is 0.116. The number of halogens is 5. The van der Waals surface area contributed by atoms with E-state index in [0.717, 1.165) is 0 Å². The molecule has 2 nitrogen and oxygen atoms in total. The Kier molecular flexibility index (Phi) is 4.18. The first kappa shape index (κ1) is 14.4. The monoisotopic (exact) mass is 366 g/mol. The molecule has 0 aliphatic carbocycles. The Hall–Kier alpha value is -1.04. The van der Waals surface area contributed by atoms with Crippen molar-refractivity contribution < 1.29 is 8.78 Å². The number of rotatable bonds is 2. The van der Waals surface area contributed by atoms with Crippen molar-refractivity contribution in [1.29, 1.82) is 0 Å². The van der Waals surface area contributed by atoms with Crippen LogP contribution in [0.1, 0.15) is 0 Å². The Morgan fingerprint density at radius 1 is 1.05 bits per heavy atom. The van der Waals surface area contributed by atoms with Gasteiger partial charge in [-0.2, -0.15) is 0 Å². The van der Waals surface area contributed by atoms with Gasteiger partial charge in [-0.05, 0) is 34.1 Å². The van der Waals surface area contributed by atoms with Crippen LogP contribution in [0, 0.1) is 11.6 Å². The third-order valence-electron chi connectivity index (χ3n) is 2.36. The highest BCUT2D eigenvalue weighted by Gasteiger charge is 2.10. The minimum Gasteiger partial charge on any atom is -0.397 e. The molecule has 0 unspecified atom stereocenters. The fourth-order valence-corrected chi connectivity index (χ4v) is 2.28. The summed E-state index contributed by atoms with van der Waals surface area (Å²) in [4.78, 5) is 0. The number of hydrogen-bond acceptors (Lipinski definition) is 2. The lowest BCUT2D eigenvalue weighted by molar-refractivity contribution is 0.622. The number of hydrogen-bond donors (Lipinski definition) is 2. The highest BCUT2D eigenvalue weighted by atomic mass is 79.9. The zero-order valence-electron chi connectivity index (χ0n) is 9.28. The summed E-state index contributed by atoms with van der Waals surface area (Å²) in [6.45, 7) is 0. The minimum atomic E-state index is -0.692. The molecule has 0 aliphatic rings. The molecule has 0 aliphatic heterocycles. The third-order valence-corrected chi connectivity index (χ3v) is 3.51. The molecular weight excluding hydrogens is 361 g/mol. The van der Waals surface area contributed by atoms with Crippen LogP contribution in [0.4, 0.5) is 25.8 Å². The number of anilines is 3. The molecule has 0 atom stereocenters. The van der Waals surface area contributed by atoms with E-state index in [1.165, 1.54) is 24.3 Å². The molecule has 0 spiro atoms. The number of nitrogens with two attached hydrogens (primary N) is 1. The topological polar surface area (TPSA) is 38.0 Å². The highest BCUT2D eigenvalue weighted by Crippen LogP contribution is 2.32. The first-order valence-electron chi connectivity index (χ1n) is 5.04. The molecule has 2 aromatic carbocycles. The van der Waals surface area contributed by atoms with E-state index in [1.54, 1.807) is 0 Å². The van der Waals surface area contributed by atoms with Crippen molar-refractivity contribution in [1.82, 2.24) is 0 Å². The van der Waals surface area contributed by atoms with E-state index < -0.39 is 11.6 Å². The van der Waals surface area contributed by atoms with E-state index in [1.807, 2.05) is 0 Å². The van der Waals surface area contributed by atoms with Crippen molar-refractivity contribution in [2.24, 2.45) is 0 Å². The lowest BCUT2D eigenvalue weighted by atomic mass is 10.2. The fourth-order valence-electron chi connectivity index (χ4n) is 1.45. The van der Waals surface area contributed by atoms with Gasteiger partial charge in [-0.1, -0.05) is 23.2 Å². The molecule has 0 amide bonds. The van der Waals surface area contributed by atoms with Crippen molar-refractivity contribution in [3.63, 3.8) is 0 Å². The zero-order valence-corrected chi connectivity index (χ0v) is 12.4. The Morgan fingerprint density at radius 3 is 2.21 bits per heavy atom. The van der Waals surface area contributed by atoms with Gasteiger partial charge >= 0.3 is 0 Å². The van der Waals surface area contributed by atoms with E-state index in [4.69, 9.17) is 28.9 Å². The number of benzene rings is 2. The Labute approximate surface area is 126 Å². The molecule has 19 heavy (non-hydrogen) atoms. The zero-order chi connectivity index (χ0) is 14.2. The molecule has 0 radical (unpaired) electrons. The Balaban J connectivity index is 2.39. The van der Waals surface area contributed by atoms with Crippen molar-refractivity contribution >= 4 is 56.2 Å². The van der Waals surface area contributed by atoms with Crippen molar-refractivity contribution in [2.45, 2.75) is 0 Å². The molecular formula is C12H7BrCl2F2N2. The lowest BCUT2D eigenvalue weighted by Crippen LogP contribution is -1.98. The summed E-state index contributed by atoms with van der Waals surface area (Å²) in [5.74, 6) is -1.17. The Bertz CT molecular complexity index is 627. The molecule has 0 saturated carbocycles. The molecule has 7 heteroatoms. The van der Waals surface area contributed by atoms with Crippen LogP contribution in [-0.2, 0) is 0 Å². The van der Waals surface area contributed by atoms with Crippen molar-refractivity contribution in [3.8, 4) is 0 Å². The van der Waals surface area contributed by atoms with Crippen LogP contribution >= 0.6 is 39.1 Å². The van der Waals surface area contributed by atoms with Gasteiger partial charge in [-0.15, -0.1) is 0 Å². The van der Waals surface area contributed by atoms with E-state index in [2.05, 4.69) is 21.2 Å². The van der Waals surface area contributed by atoms with Gasteiger partial charge in [0.15, 0.2) is 5.82 Å². The smallest absolute Gasteiger partial charge is 0.160 e. The van der Waals surface area contributed by atoms with Crippen molar-refractivity contribution in [3.05, 3.63) is 50.4 Å². The SMILES string of the molecule is Nc1cc(F)c(Br)cc1Nc1cc(Cl)c(F)c(Cl)c1. The second-order valence-electron chi connectivity index (χ2n) is 3.73. The Morgan fingerprint density at radius 2 is 1.63 bits per heavy atom. The molecule has 0 fully saturated rings. The normalized spacial score (nSPS) is 10.6. The van der Waals surface area contributed by atoms with E-state index in [0.29, 0.717) is 11.4 Å². The summed E-state index contributed by atoms with van der Waals surface area (Å²) in [5, 5.41) is 2.66. The largest absolute Gasteiger partial charge is 0.397 e. The van der Waals surface area contributed by atoms with Crippen LogP contribution in [0.25, 0.3) is 0 Å². The average Bonchev–Trinajstić information content (AvgIpc) is 2.33. The molecule has 0 aromatic heterocycles. The third kappa shape index (κ3) is 3.11. The molecule has 2 aromatic rings. The van der Waals surface area contributed by atoms with Crippen LogP contribution in [0.2, 0.25) is 10.0 Å². The maximum Gasteiger partial charge on any atom is 0.160 e. The van der Waals surface area contributed by atoms with Gasteiger partial charge < -0.3 is 11.1 Å². The van der Waals surface area contributed by atoms with Gasteiger partial charge in [0.25, 0.3) is 0 Å². The fraction of sp³-hybridized carbons (Fsp3) is 0. The maximum atomic E-state index is 13.3. The van der Waals surface area contributed by atoms with Crippen LogP contribution in [0.15, 0.2) is 28.7 Å². The maximum absolute atomic E-state index is 13.3. The van der Waals surface area contributed by atoms with Crippen LogP contribution in [0.5, 0.6) is 0 Å². The summed E-state index contributed by atoms with van der Waals surface area (Å²) in [5.41, 5.74) is 6.78. The second kappa shape index (κ2) is 5.53. The summed E-state index contributed by atoms with van der Waals surface area (Å²) in [7, 11) is 0. The van der Waals surface area contributed by atoms with Gasteiger partial charge in [0.05, 0.1) is 25.9 Å². The first-order valence-corrected chi connectivity index (χ1v) is 6.59. The van der Waals surface area contributed by atoms with Crippen LogP contribution in [0.3, 0.4) is 0 Å². The van der Waals surface area contributed by atoms with E-state index in [-0.39, 0.29) is 20.2 Å². The highest BCUT2D eigenvalue weighted by molar-refractivity contribution is 9.10. The van der Waals surface area contributed by atoms with Gasteiger partial charge in [-0.25, -0.2) is 8.78 Å². The summed E-state index contributed by atoms with van der Waals surface area (Å²) < 4.78 is 26.8. The van der Waals surface area contributed by atoms with Crippen LogP contribution < -0.4 is 11.1 Å². The van der Waals surface area contributed by atoms with E-state index >= 15 is 0 Å². The van der Waals surface area contributed by atoms with Gasteiger partial charge in [-0.3, -0.25) is 0 Å². The molecule has 0 bridgehead atoms. The number of nitrogen functional groups attached to an aromatic ring is 1. The van der Waals surface area contributed by atoms with Gasteiger partial charge in [0, 0.05) is 11.8 Å². The summed E-state index contributed by atoms with van der Waals surface area (Å²) >= 11 is 14.4. The standard InChI is InChI=1S/C12H7BrCl2F2N2/c13-6-3-11(10(18)4-9(6)16)19-5-1-7(14)12(17)8(15)2-5/h1-4,19H,18H2. The predicted octanol–water partition coefficient (Wildman–Crippen LogP) is 5.36. The van der Waals surface area contributed by atoms with Gasteiger partial charge in [0.1, 0.15) is 5.82 Å². The summed E-state index contributed by atoms with van der Waals surface area (Å²) in [6, 6.07) is 5.36. The molecule has 3 N–H and O–H groups in total. The summed E-state index contributed by atoms with van der Waals surface area (Å²) in [6.07, 6.45) is 0. The molecule has 0 saturated heterocycles. The average molecular weight is 368 g/mol. The first-order chi connectivity index (χ1) is 8.88. The molecule has 0 heterocycles. The predicted molar refractivity (Wildman–Crippen MR) is 78.2 cm³/mol. The van der Waals surface area contributed by atoms with Crippen LogP contribution in [-0.4, -0.2) is 0 Å². The number of nitrogens with one attached hydrogen (secondary N) is 1. The van der Waals surface area contributed by atoms with E-state index in [9.17, 15) is 8.78 Å². The van der Waals surface area contributed by atoms with Gasteiger partial charge in [0.2, 0.25) is 0 Å². The quantitative estimate of drug-likeness (QED) is 0.553. The van der Waals surface area contributed by atoms with Crippen molar-refractivity contribution in [2.75, 3.05) is 11.1 Å².